The van der Waals surface area contributed by atoms with Crippen LogP contribution in [0.15, 0.2) is 42.5 Å². The van der Waals surface area contributed by atoms with Crippen LogP contribution in [-0.2, 0) is 17.8 Å². The van der Waals surface area contributed by atoms with Crippen LogP contribution in [0.1, 0.15) is 11.1 Å². The highest BCUT2D eigenvalue weighted by molar-refractivity contribution is 5.99. The number of fused-ring (bicyclic) bond motifs is 1. The maximum atomic E-state index is 11.3. The van der Waals surface area contributed by atoms with Crippen LogP contribution in [0.2, 0.25) is 0 Å². The quantitative estimate of drug-likeness (QED) is 0.736. The molecule has 4 N–H and O–H groups in total. The second-order valence-corrected chi connectivity index (χ2v) is 4.69. The van der Waals surface area contributed by atoms with Crippen molar-refractivity contribution in [1.82, 2.24) is 0 Å². The van der Waals surface area contributed by atoms with Gasteiger partial charge in [-0.15, -0.1) is 0 Å². The topological polar surface area (TPSA) is 67.1 Å². The number of benzene rings is 2. The van der Waals surface area contributed by atoms with Crippen molar-refractivity contribution < 1.29 is 4.79 Å². The summed E-state index contributed by atoms with van der Waals surface area (Å²) in [7, 11) is 0. The van der Waals surface area contributed by atoms with Crippen molar-refractivity contribution in [2.45, 2.75) is 13.0 Å². The molecule has 4 heteroatoms. The Labute approximate surface area is 111 Å². The summed E-state index contributed by atoms with van der Waals surface area (Å²) in [5.74, 6) is 0.0608. The SMILES string of the molecule is Nc1ccc(CNc2ccc3c(c2)CC(=O)N3)cc1. The summed E-state index contributed by atoms with van der Waals surface area (Å²) in [6.45, 7) is 0.737. The number of carbonyl (C=O) groups is 1. The third-order valence-electron chi connectivity index (χ3n) is 3.21. The summed E-state index contributed by atoms with van der Waals surface area (Å²) in [5.41, 5.74) is 10.6. The van der Waals surface area contributed by atoms with Gasteiger partial charge in [0.1, 0.15) is 0 Å². The van der Waals surface area contributed by atoms with Crippen molar-refractivity contribution in [3.63, 3.8) is 0 Å². The van der Waals surface area contributed by atoms with E-state index in [9.17, 15) is 4.79 Å². The standard InChI is InChI=1S/C15H15N3O/c16-12-3-1-10(2-4-12)9-17-13-5-6-14-11(7-13)8-15(19)18-14/h1-7,17H,8-9,16H2,(H,18,19). The van der Waals surface area contributed by atoms with Gasteiger partial charge in [-0.1, -0.05) is 12.1 Å². The van der Waals surface area contributed by atoms with Crippen LogP contribution in [-0.4, -0.2) is 5.91 Å². The Morgan fingerprint density at radius 1 is 1.16 bits per heavy atom. The summed E-state index contributed by atoms with van der Waals surface area (Å²) in [6.07, 6.45) is 0.465. The van der Waals surface area contributed by atoms with Crippen molar-refractivity contribution in [2.75, 3.05) is 16.4 Å². The van der Waals surface area contributed by atoms with Gasteiger partial charge in [0.25, 0.3) is 0 Å². The number of amides is 1. The van der Waals surface area contributed by atoms with Crippen LogP contribution in [0.5, 0.6) is 0 Å². The largest absolute Gasteiger partial charge is 0.399 e. The fraction of sp³-hybridized carbons (Fsp3) is 0.133. The van der Waals surface area contributed by atoms with Crippen molar-refractivity contribution in [3.05, 3.63) is 53.6 Å². The van der Waals surface area contributed by atoms with Gasteiger partial charge in [-0.2, -0.15) is 0 Å². The molecule has 0 fully saturated rings. The van der Waals surface area contributed by atoms with E-state index >= 15 is 0 Å². The lowest BCUT2D eigenvalue weighted by Crippen LogP contribution is -2.03. The highest BCUT2D eigenvalue weighted by atomic mass is 16.1. The van der Waals surface area contributed by atoms with Crippen LogP contribution in [0.4, 0.5) is 17.1 Å². The molecule has 0 atom stereocenters. The molecule has 2 aromatic rings. The summed E-state index contributed by atoms with van der Waals surface area (Å²) in [6, 6.07) is 13.7. The molecule has 3 rings (SSSR count). The predicted molar refractivity (Wildman–Crippen MR) is 77.0 cm³/mol. The molecule has 0 bridgehead atoms. The average molecular weight is 253 g/mol. The van der Waals surface area contributed by atoms with E-state index in [4.69, 9.17) is 5.73 Å². The van der Waals surface area contributed by atoms with E-state index in [0.29, 0.717) is 6.42 Å². The first kappa shape index (κ1) is 11.6. The van der Waals surface area contributed by atoms with Gasteiger partial charge in [-0.25, -0.2) is 0 Å². The Kier molecular flexibility index (Phi) is 2.83. The van der Waals surface area contributed by atoms with Gasteiger partial charge in [0.2, 0.25) is 5.91 Å². The van der Waals surface area contributed by atoms with Gasteiger partial charge in [0, 0.05) is 23.6 Å². The van der Waals surface area contributed by atoms with Crippen molar-refractivity contribution >= 4 is 23.0 Å². The Morgan fingerprint density at radius 2 is 1.95 bits per heavy atom. The maximum Gasteiger partial charge on any atom is 0.228 e. The van der Waals surface area contributed by atoms with Gasteiger partial charge in [0.15, 0.2) is 0 Å². The first-order valence-electron chi connectivity index (χ1n) is 6.22. The molecule has 96 valence electrons. The van der Waals surface area contributed by atoms with Crippen LogP contribution < -0.4 is 16.4 Å². The molecular weight excluding hydrogens is 238 g/mol. The number of nitrogens with one attached hydrogen (secondary N) is 2. The normalized spacial score (nSPS) is 12.9. The summed E-state index contributed by atoms with van der Waals surface area (Å²) >= 11 is 0. The number of carbonyl (C=O) groups excluding carboxylic acids is 1. The molecule has 0 saturated heterocycles. The number of anilines is 3. The molecule has 4 nitrogen and oxygen atoms in total. The lowest BCUT2D eigenvalue weighted by molar-refractivity contribution is -0.115. The second kappa shape index (κ2) is 4.65. The zero-order valence-electron chi connectivity index (χ0n) is 10.4. The Morgan fingerprint density at radius 3 is 2.74 bits per heavy atom. The molecular formula is C15H15N3O. The lowest BCUT2D eigenvalue weighted by atomic mass is 10.1. The average Bonchev–Trinajstić information content (AvgIpc) is 2.77. The van der Waals surface area contributed by atoms with Gasteiger partial charge >= 0.3 is 0 Å². The third kappa shape index (κ3) is 2.52. The van der Waals surface area contributed by atoms with Crippen molar-refractivity contribution in [1.29, 1.82) is 0 Å². The Bertz CT molecular complexity index is 620. The van der Waals surface area contributed by atoms with E-state index in [1.54, 1.807) is 0 Å². The molecule has 0 saturated carbocycles. The van der Waals surface area contributed by atoms with E-state index < -0.39 is 0 Å². The summed E-state index contributed by atoms with van der Waals surface area (Å²) in [4.78, 5) is 11.3. The highest BCUT2D eigenvalue weighted by Crippen LogP contribution is 2.26. The van der Waals surface area contributed by atoms with Crippen LogP contribution in [0.25, 0.3) is 0 Å². The van der Waals surface area contributed by atoms with Gasteiger partial charge < -0.3 is 16.4 Å². The van der Waals surface area contributed by atoms with Gasteiger partial charge in [-0.3, -0.25) is 4.79 Å². The fourth-order valence-corrected chi connectivity index (χ4v) is 2.18. The van der Waals surface area contributed by atoms with Gasteiger partial charge in [-0.05, 0) is 41.5 Å². The molecule has 0 unspecified atom stereocenters. The number of hydrogen-bond acceptors (Lipinski definition) is 3. The molecule has 0 aliphatic carbocycles. The van der Waals surface area contributed by atoms with Gasteiger partial charge in [0.05, 0.1) is 6.42 Å². The van der Waals surface area contributed by atoms with Crippen molar-refractivity contribution in [3.8, 4) is 0 Å². The Balaban J connectivity index is 1.69. The third-order valence-corrected chi connectivity index (χ3v) is 3.21. The van der Waals surface area contributed by atoms with Crippen LogP contribution in [0, 0.1) is 0 Å². The summed E-state index contributed by atoms with van der Waals surface area (Å²) < 4.78 is 0. The number of rotatable bonds is 3. The van der Waals surface area contributed by atoms with Crippen LogP contribution >= 0.6 is 0 Å². The zero-order valence-corrected chi connectivity index (χ0v) is 10.4. The zero-order chi connectivity index (χ0) is 13.2. The number of nitrogens with two attached hydrogens (primary N) is 1. The fourth-order valence-electron chi connectivity index (χ4n) is 2.18. The first-order valence-corrected chi connectivity index (χ1v) is 6.22. The van der Waals surface area contributed by atoms with E-state index in [1.165, 1.54) is 5.56 Å². The molecule has 19 heavy (non-hydrogen) atoms. The number of nitrogen functional groups attached to an aromatic ring is 1. The van der Waals surface area contributed by atoms with Crippen molar-refractivity contribution in [2.24, 2.45) is 0 Å². The monoisotopic (exact) mass is 253 g/mol. The molecule has 2 aromatic carbocycles. The van der Waals surface area contributed by atoms with E-state index in [0.717, 1.165) is 29.2 Å². The number of hydrogen-bond donors (Lipinski definition) is 3. The molecule has 0 radical (unpaired) electrons. The van der Waals surface area contributed by atoms with Crippen LogP contribution in [0.3, 0.4) is 0 Å². The van der Waals surface area contributed by atoms with E-state index in [1.807, 2.05) is 42.5 Å². The van der Waals surface area contributed by atoms with E-state index in [-0.39, 0.29) is 5.91 Å². The second-order valence-electron chi connectivity index (χ2n) is 4.69. The molecule has 0 aromatic heterocycles. The Hall–Kier alpha value is -2.49. The minimum Gasteiger partial charge on any atom is -0.399 e. The highest BCUT2D eigenvalue weighted by Gasteiger charge is 2.17. The maximum absolute atomic E-state index is 11.3. The molecule has 1 aliphatic heterocycles. The lowest BCUT2D eigenvalue weighted by Gasteiger charge is -2.08. The smallest absolute Gasteiger partial charge is 0.228 e. The minimum absolute atomic E-state index is 0.0608. The molecule has 0 spiro atoms. The molecule has 1 heterocycles. The molecule has 1 aliphatic rings. The molecule has 1 amide bonds. The van der Waals surface area contributed by atoms with E-state index in [2.05, 4.69) is 10.6 Å². The summed E-state index contributed by atoms with van der Waals surface area (Å²) in [5, 5.41) is 6.17. The first-order chi connectivity index (χ1) is 9.20. The minimum atomic E-state index is 0.0608. The predicted octanol–water partition coefficient (Wildman–Crippen LogP) is 2.38.